The predicted octanol–water partition coefficient (Wildman–Crippen LogP) is 2.80. The van der Waals surface area contributed by atoms with Crippen molar-refractivity contribution in [3.63, 3.8) is 0 Å². The maximum atomic E-state index is 11.6. The number of para-hydroxylation sites is 2. The summed E-state index contributed by atoms with van der Waals surface area (Å²) < 4.78 is 6.94. The molecular weight excluding hydrogens is 240 g/mol. The lowest BCUT2D eigenvalue weighted by Gasteiger charge is -2.13. The fraction of sp³-hybridized carbons (Fsp3) is 0.467. The summed E-state index contributed by atoms with van der Waals surface area (Å²) in [6.07, 6.45) is 1.96. The molecule has 1 unspecified atom stereocenters. The molecule has 2 aromatic rings. The van der Waals surface area contributed by atoms with E-state index < -0.39 is 0 Å². The highest BCUT2D eigenvalue weighted by Crippen LogP contribution is 2.19. The van der Waals surface area contributed by atoms with Crippen LogP contribution in [0.5, 0.6) is 0 Å². The van der Waals surface area contributed by atoms with Crippen LogP contribution in [0.3, 0.4) is 0 Å². The second-order valence-corrected chi connectivity index (χ2v) is 4.80. The standard InChI is InChI=1S/C15H20N2O2/c1-4-7-14-16-12-8-5-6-9-13(12)17(14)10-11(2)15(18)19-3/h5-6,8-9,11H,4,7,10H2,1-3H3. The van der Waals surface area contributed by atoms with Gasteiger partial charge in [0.25, 0.3) is 0 Å². The van der Waals surface area contributed by atoms with Gasteiger partial charge in [-0.05, 0) is 18.6 Å². The molecule has 0 aliphatic rings. The Bertz CT molecular complexity index is 575. The number of aryl methyl sites for hydroxylation is 1. The van der Waals surface area contributed by atoms with Crippen LogP contribution in [0.1, 0.15) is 26.1 Å². The quantitative estimate of drug-likeness (QED) is 0.776. The van der Waals surface area contributed by atoms with Crippen LogP contribution in [0.2, 0.25) is 0 Å². The van der Waals surface area contributed by atoms with Crippen LogP contribution in [0.15, 0.2) is 24.3 Å². The molecule has 0 aliphatic carbocycles. The molecule has 0 N–H and O–H groups in total. The van der Waals surface area contributed by atoms with Crippen molar-refractivity contribution in [3.8, 4) is 0 Å². The fourth-order valence-electron chi connectivity index (χ4n) is 2.29. The Balaban J connectivity index is 2.38. The minimum absolute atomic E-state index is 0.168. The first kappa shape index (κ1) is 13.6. The number of esters is 1. The van der Waals surface area contributed by atoms with Gasteiger partial charge in [-0.2, -0.15) is 0 Å². The van der Waals surface area contributed by atoms with Gasteiger partial charge in [0.2, 0.25) is 0 Å². The third-order valence-corrected chi connectivity index (χ3v) is 3.27. The Labute approximate surface area is 113 Å². The summed E-state index contributed by atoms with van der Waals surface area (Å²) in [4.78, 5) is 16.2. The van der Waals surface area contributed by atoms with Crippen LogP contribution >= 0.6 is 0 Å². The zero-order valence-corrected chi connectivity index (χ0v) is 11.7. The van der Waals surface area contributed by atoms with Crippen molar-refractivity contribution < 1.29 is 9.53 Å². The first-order valence-electron chi connectivity index (χ1n) is 6.69. The lowest BCUT2D eigenvalue weighted by atomic mass is 10.1. The molecule has 0 saturated carbocycles. The molecule has 4 nitrogen and oxygen atoms in total. The number of hydrogen-bond donors (Lipinski definition) is 0. The molecule has 4 heteroatoms. The van der Waals surface area contributed by atoms with E-state index in [1.54, 1.807) is 0 Å². The van der Waals surface area contributed by atoms with E-state index in [0.717, 1.165) is 29.7 Å². The maximum absolute atomic E-state index is 11.6. The minimum Gasteiger partial charge on any atom is -0.469 e. The zero-order chi connectivity index (χ0) is 13.8. The number of methoxy groups -OCH3 is 1. The second-order valence-electron chi connectivity index (χ2n) is 4.80. The fourth-order valence-corrected chi connectivity index (χ4v) is 2.29. The largest absolute Gasteiger partial charge is 0.469 e. The lowest BCUT2D eigenvalue weighted by molar-refractivity contribution is -0.145. The summed E-state index contributed by atoms with van der Waals surface area (Å²) in [5, 5.41) is 0. The molecule has 0 saturated heterocycles. The molecule has 1 aromatic carbocycles. The van der Waals surface area contributed by atoms with Crippen molar-refractivity contribution in [1.29, 1.82) is 0 Å². The molecule has 0 spiro atoms. The van der Waals surface area contributed by atoms with Gasteiger partial charge in [-0.1, -0.05) is 26.0 Å². The van der Waals surface area contributed by atoms with Gasteiger partial charge < -0.3 is 9.30 Å². The van der Waals surface area contributed by atoms with Gasteiger partial charge in [0, 0.05) is 13.0 Å². The number of carbonyl (C=O) groups excluding carboxylic acids is 1. The van der Waals surface area contributed by atoms with Crippen LogP contribution in [-0.4, -0.2) is 22.6 Å². The molecule has 1 heterocycles. The van der Waals surface area contributed by atoms with Crippen molar-refractivity contribution in [1.82, 2.24) is 9.55 Å². The monoisotopic (exact) mass is 260 g/mol. The SMILES string of the molecule is CCCc1nc2ccccc2n1CC(C)C(=O)OC. The predicted molar refractivity (Wildman–Crippen MR) is 74.9 cm³/mol. The van der Waals surface area contributed by atoms with E-state index in [2.05, 4.69) is 16.5 Å². The number of ether oxygens (including phenoxy) is 1. The molecule has 19 heavy (non-hydrogen) atoms. The normalized spacial score (nSPS) is 12.6. The number of hydrogen-bond acceptors (Lipinski definition) is 3. The number of imidazole rings is 1. The van der Waals surface area contributed by atoms with Crippen LogP contribution in [-0.2, 0) is 22.5 Å². The first-order valence-corrected chi connectivity index (χ1v) is 6.69. The summed E-state index contributed by atoms with van der Waals surface area (Å²) in [6.45, 7) is 4.63. The van der Waals surface area contributed by atoms with Gasteiger partial charge in [-0.25, -0.2) is 4.98 Å². The van der Waals surface area contributed by atoms with Gasteiger partial charge in [-0.15, -0.1) is 0 Å². The van der Waals surface area contributed by atoms with Crippen molar-refractivity contribution in [3.05, 3.63) is 30.1 Å². The number of aromatic nitrogens is 2. The zero-order valence-electron chi connectivity index (χ0n) is 11.7. The van der Waals surface area contributed by atoms with Crippen molar-refractivity contribution in [2.45, 2.75) is 33.2 Å². The van der Waals surface area contributed by atoms with Gasteiger partial charge in [-0.3, -0.25) is 4.79 Å². The molecule has 0 fully saturated rings. The van der Waals surface area contributed by atoms with Crippen molar-refractivity contribution >= 4 is 17.0 Å². The summed E-state index contributed by atoms with van der Waals surface area (Å²) in [7, 11) is 1.43. The summed E-state index contributed by atoms with van der Waals surface area (Å²) in [6, 6.07) is 8.04. The molecule has 1 atom stereocenters. The van der Waals surface area contributed by atoms with Crippen LogP contribution in [0, 0.1) is 5.92 Å². The summed E-state index contributed by atoms with van der Waals surface area (Å²) in [5.74, 6) is 0.692. The molecule has 102 valence electrons. The molecule has 0 amide bonds. The highest BCUT2D eigenvalue weighted by Gasteiger charge is 2.17. The molecular formula is C15H20N2O2. The van der Waals surface area contributed by atoms with E-state index in [4.69, 9.17) is 4.74 Å². The number of nitrogens with zero attached hydrogens (tertiary/aromatic N) is 2. The van der Waals surface area contributed by atoms with E-state index in [-0.39, 0.29) is 11.9 Å². The third-order valence-electron chi connectivity index (χ3n) is 3.27. The topological polar surface area (TPSA) is 44.1 Å². The van der Waals surface area contributed by atoms with Crippen LogP contribution < -0.4 is 0 Å². The number of carbonyl (C=O) groups is 1. The smallest absolute Gasteiger partial charge is 0.310 e. The lowest BCUT2D eigenvalue weighted by Crippen LogP contribution is -2.20. The summed E-state index contributed by atoms with van der Waals surface area (Å²) in [5.41, 5.74) is 2.07. The van der Waals surface area contributed by atoms with E-state index in [0.29, 0.717) is 6.54 Å². The summed E-state index contributed by atoms with van der Waals surface area (Å²) >= 11 is 0. The van der Waals surface area contributed by atoms with Gasteiger partial charge in [0.05, 0.1) is 24.1 Å². The van der Waals surface area contributed by atoms with E-state index in [1.165, 1.54) is 7.11 Å². The molecule has 1 aromatic heterocycles. The highest BCUT2D eigenvalue weighted by molar-refractivity contribution is 5.76. The number of rotatable bonds is 5. The third kappa shape index (κ3) is 2.78. The molecule has 0 radical (unpaired) electrons. The van der Waals surface area contributed by atoms with Crippen molar-refractivity contribution in [2.75, 3.05) is 7.11 Å². The van der Waals surface area contributed by atoms with Crippen molar-refractivity contribution in [2.24, 2.45) is 5.92 Å². The second kappa shape index (κ2) is 5.87. The number of benzene rings is 1. The Morgan fingerprint density at radius 2 is 2.16 bits per heavy atom. The maximum Gasteiger partial charge on any atom is 0.310 e. The molecule has 0 bridgehead atoms. The van der Waals surface area contributed by atoms with E-state index in [9.17, 15) is 4.79 Å². The first-order chi connectivity index (χ1) is 9.17. The number of fused-ring (bicyclic) bond motifs is 1. The molecule has 0 aliphatic heterocycles. The van der Waals surface area contributed by atoms with Gasteiger partial charge >= 0.3 is 5.97 Å². The average molecular weight is 260 g/mol. The Kier molecular flexibility index (Phi) is 4.20. The van der Waals surface area contributed by atoms with Crippen LogP contribution in [0.25, 0.3) is 11.0 Å². The Hall–Kier alpha value is -1.84. The van der Waals surface area contributed by atoms with Gasteiger partial charge in [0.1, 0.15) is 5.82 Å². The van der Waals surface area contributed by atoms with Gasteiger partial charge in [0.15, 0.2) is 0 Å². The van der Waals surface area contributed by atoms with E-state index in [1.807, 2.05) is 31.2 Å². The highest BCUT2D eigenvalue weighted by atomic mass is 16.5. The average Bonchev–Trinajstić information content (AvgIpc) is 2.76. The van der Waals surface area contributed by atoms with Crippen LogP contribution in [0.4, 0.5) is 0 Å². The Morgan fingerprint density at radius 3 is 2.84 bits per heavy atom. The van der Waals surface area contributed by atoms with E-state index >= 15 is 0 Å². The Morgan fingerprint density at radius 1 is 1.42 bits per heavy atom. The minimum atomic E-state index is -0.180. The molecule has 2 rings (SSSR count).